The normalized spacial score (nSPS) is 29.1. The van der Waals surface area contributed by atoms with E-state index < -0.39 is 5.97 Å². The first kappa shape index (κ1) is 9.52. The molecule has 1 N–H and O–H groups in total. The van der Waals surface area contributed by atoms with Crippen molar-refractivity contribution >= 4 is 5.97 Å². The van der Waals surface area contributed by atoms with Crippen molar-refractivity contribution in [3.05, 3.63) is 0 Å². The second kappa shape index (κ2) is 4.45. The van der Waals surface area contributed by atoms with Crippen molar-refractivity contribution in [2.24, 2.45) is 5.92 Å². The van der Waals surface area contributed by atoms with Crippen molar-refractivity contribution in [1.82, 2.24) is 0 Å². The molecule has 2 atom stereocenters. The van der Waals surface area contributed by atoms with E-state index in [1.165, 1.54) is 0 Å². The first-order valence-electron chi connectivity index (χ1n) is 4.58. The molecule has 12 heavy (non-hydrogen) atoms. The molecule has 3 heteroatoms. The van der Waals surface area contributed by atoms with E-state index >= 15 is 0 Å². The molecule has 1 aliphatic carbocycles. The lowest BCUT2D eigenvalue weighted by Gasteiger charge is -2.09. The highest BCUT2D eigenvalue weighted by Gasteiger charge is 2.29. The zero-order chi connectivity index (χ0) is 8.97. The average molecular weight is 172 g/mol. The van der Waals surface area contributed by atoms with Gasteiger partial charge in [0, 0.05) is 6.61 Å². The van der Waals surface area contributed by atoms with Crippen molar-refractivity contribution in [2.45, 2.75) is 38.7 Å². The van der Waals surface area contributed by atoms with Crippen LogP contribution in [0.4, 0.5) is 0 Å². The van der Waals surface area contributed by atoms with Crippen LogP contribution in [0.15, 0.2) is 0 Å². The SMILES string of the molecule is CCCOC1CCC(C(=O)O)C1. The van der Waals surface area contributed by atoms with Crippen molar-refractivity contribution in [3.63, 3.8) is 0 Å². The number of carboxylic acids is 1. The number of hydrogen-bond donors (Lipinski definition) is 1. The topological polar surface area (TPSA) is 46.5 Å². The zero-order valence-electron chi connectivity index (χ0n) is 7.45. The Morgan fingerprint density at radius 3 is 2.83 bits per heavy atom. The number of ether oxygens (including phenoxy) is 1. The summed E-state index contributed by atoms with van der Waals surface area (Å²) in [7, 11) is 0. The van der Waals surface area contributed by atoms with Crippen LogP contribution in [-0.2, 0) is 9.53 Å². The van der Waals surface area contributed by atoms with Crippen LogP contribution >= 0.6 is 0 Å². The molecule has 1 saturated carbocycles. The lowest BCUT2D eigenvalue weighted by atomic mass is 10.1. The maximum absolute atomic E-state index is 10.6. The maximum Gasteiger partial charge on any atom is 0.306 e. The standard InChI is InChI=1S/C9H16O3/c1-2-5-12-8-4-3-7(6-8)9(10)11/h7-8H,2-6H2,1H3,(H,10,11). The Morgan fingerprint density at radius 2 is 2.33 bits per heavy atom. The summed E-state index contributed by atoms with van der Waals surface area (Å²) in [5.41, 5.74) is 0. The van der Waals surface area contributed by atoms with Crippen LogP contribution in [0.5, 0.6) is 0 Å². The Morgan fingerprint density at radius 1 is 1.58 bits per heavy atom. The molecule has 0 aromatic rings. The van der Waals surface area contributed by atoms with Gasteiger partial charge in [0.1, 0.15) is 0 Å². The van der Waals surface area contributed by atoms with E-state index in [0.717, 1.165) is 25.9 Å². The summed E-state index contributed by atoms with van der Waals surface area (Å²) < 4.78 is 5.47. The van der Waals surface area contributed by atoms with Gasteiger partial charge in [-0.3, -0.25) is 4.79 Å². The van der Waals surface area contributed by atoms with E-state index in [4.69, 9.17) is 9.84 Å². The van der Waals surface area contributed by atoms with Gasteiger partial charge < -0.3 is 9.84 Å². The van der Waals surface area contributed by atoms with Crippen molar-refractivity contribution in [1.29, 1.82) is 0 Å². The van der Waals surface area contributed by atoms with Crippen molar-refractivity contribution < 1.29 is 14.6 Å². The Bertz CT molecular complexity index is 156. The number of hydrogen-bond acceptors (Lipinski definition) is 2. The van der Waals surface area contributed by atoms with Gasteiger partial charge in [-0.2, -0.15) is 0 Å². The molecule has 1 aliphatic rings. The molecule has 0 aromatic heterocycles. The number of rotatable bonds is 4. The number of carbonyl (C=O) groups is 1. The zero-order valence-corrected chi connectivity index (χ0v) is 7.45. The monoisotopic (exact) mass is 172 g/mol. The van der Waals surface area contributed by atoms with Crippen LogP contribution in [0, 0.1) is 5.92 Å². The summed E-state index contributed by atoms with van der Waals surface area (Å²) in [4.78, 5) is 10.6. The van der Waals surface area contributed by atoms with Crippen LogP contribution in [0.2, 0.25) is 0 Å². The molecule has 3 nitrogen and oxygen atoms in total. The molecule has 0 radical (unpaired) electrons. The maximum atomic E-state index is 10.6. The molecular weight excluding hydrogens is 156 g/mol. The lowest BCUT2D eigenvalue weighted by molar-refractivity contribution is -0.141. The van der Waals surface area contributed by atoms with Gasteiger partial charge in [0.05, 0.1) is 12.0 Å². The Balaban J connectivity index is 2.21. The highest BCUT2D eigenvalue weighted by atomic mass is 16.5. The summed E-state index contributed by atoms with van der Waals surface area (Å²) >= 11 is 0. The van der Waals surface area contributed by atoms with Crippen molar-refractivity contribution in [2.75, 3.05) is 6.61 Å². The van der Waals surface area contributed by atoms with E-state index in [2.05, 4.69) is 6.92 Å². The predicted molar refractivity (Wildman–Crippen MR) is 45.0 cm³/mol. The predicted octanol–water partition coefficient (Wildman–Crippen LogP) is 1.67. The fourth-order valence-corrected chi connectivity index (χ4v) is 1.60. The van der Waals surface area contributed by atoms with E-state index in [1.807, 2.05) is 0 Å². The van der Waals surface area contributed by atoms with E-state index in [0.29, 0.717) is 6.42 Å². The minimum Gasteiger partial charge on any atom is -0.481 e. The van der Waals surface area contributed by atoms with Crippen LogP contribution in [-0.4, -0.2) is 23.8 Å². The number of aliphatic carboxylic acids is 1. The highest BCUT2D eigenvalue weighted by molar-refractivity contribution is 5.70. The third kappa shape index (κ3) is 2.48. The van der Waals surface area contributed by atoms with Gasteiger partial charge in [-0.15, -0.1) is 0 Å². The van der Waals surface area contributed by atoms with Gasteiger partial charge in [0.2, 0.25) is 0 Å². The largest absolute Gasteiger partial charge is 0.481 e. The molecule has 0 spiro atoms. The lowest BCUT2D eigenvalue weighted by Crippen LogP contribution is -2.13. The minimum atomic E-state index is -0.669. The third-order valence-electron chi connectivity index (χ3n) is 2.29. The number of carboxylic acid groups (broad SMARTS) is 1. The fourth-order valence-electron chi connectivity index (χ4n) is 1.60. The van der Waals surface area contributed by atoms with Crippen molar-refractivity contribution in [3.8, 4) is 0 Å². The van der Waals surface area contributed by atoms with E-state index in [9.17, 15) is 4.79 Å². The molecule has 0 amide bonds. The Hall–Kier alpha value is -0.570. The summed E-state index contributed by atoms with van der Waals surface area (Å²) in [6.45, 7) is 2.82. The fraction of sp³-hybridized carbons (Fsp3) is 0.889. The Kier molecular flexibility index (Phi) is 3.53. The summed E-state index contributed by atoms with van der Waals surface area (Å²) in [6.07, 6.45) is 3.61. The molecule has 70 valence electrons. The first-order valence-corrected chi connectivity index (χ1v) is 4.58. The molecule has 0 bridgehead atoms. The van der Waals surface area contributed by atoms with Crippen LogP contribution in [0.25, 0.3) is 0 Å². The molecule has 0 saturated heterocycles. The smallest absolute Gasteiger partial charge is 0.306 e. The summed E-state index contributed by atoms with van der Waals surface area (Å²) in [6, 6.07) is 0. The molecule has 0 heterocycles. The summed E-state index contributed by atoms with van der Waals surface area (Å²) in [5, 5.41) is 8.70. The summed E-state index contributed by atoms with van der Waals surface area (Å²) in [5.74, 6) is -0.829. The van der Waals surface area contributed by atoms with Gasteiger partial charge >= 0.3 is 5.97 Å². The van der Waals surface area contributed by atoms with Gasteiger partial charge in [-0.05, 0) is 25.7 Å². The van der Waals surface area contributed by atoms with Gasteiger partial charge in [0.25, 0.3) is 0 Å². The third-order valence-corrected chi connectivity index (χ3v) is 2.29. The van der Waals surface area contributed by atoms with Crippen LogP contribution < -0.4 is 0 Å². The van der Waals surface area contributed by atoms with Gasteiger partial charge in [-0.1, -0.05) is 6.92 Å². The average Bonchev–Trinajstić information content (AvgIpc) is 2.48. The molecule has 1 fully saturated rings. The minimum absolute atomic E-state index is 0.160. The second-order valence-electron chi connectivity index (χ2n) is 3.34. The molecule has 0 aromatic carbocycles. The van der Waals surface area contributed by atoms with Crippen LogP contribution in [0.3, 0.4) is 0 Å². The quantitative estimate of drug-likeness (QED) is 0.701. The molecule has 2 unspecified atom stereocenters. The van der Waals surface area contributed by atoms with E-state index in [-0.39, 0.29) is 12.0 Å². The molecular formula is C9H16O3. The van der Waals surface area contributed by atoms with E-state index in [1.54, 1.807) is 0 Å². The first-order chi connectivity index (χ1) is 5.74. The van der Waals surface area contributed by atoms with Gasteiger partial charge in [0.15, 0.2) is 0 Å². The van der Waals surface area contributed by atoms with Crippen LogP contribution in [0.1, 0.15) is 32.6 Å². The highest BCUT2D eigenvalue weighted by Crippen LogP contribution is 2.27. The van der Waals surface area contributed by atoms with Gasteiger partial charge in [-0.25, -0.2) is 0 Å². The second-order valence-corrected chi connectivity index (χ2v) is 3.34. The molecule has 1 rings (SSSR count). The molecule has 0 aliphatic heterocycles. The Labute approximate surface area is 72.7 Å².